The Morgan fingerprint density at radius 1 is 1.06 bits per heavy atom. The number of hydrogen-bond acceptors (Lipinski definition) is 3. The smallest absolute Gasteiger partial charge is 0.108 e. The highest BCUT2D eigenvalue weighted by Gasteiger charge is 2.13. The molecule has 17 heavy (non-hydrogen) atoms. The molecule has 5 heteroatoms. The fraction of sp³-hybridized carbons (Fsp3) is 0. The van der Waals surface area contributed by atoms with Crippen LogP contribution in [0.3, 0.4) is 0 Å². The number of halogens is 1. The Morgan fingerprint density at radius 3 is 2.88 bits per heavy atom. The van der Waals surface area contributed by atoms with Crippen molar-refractivity contribution in [3.05, 3.63) is 36.4 Å². The van der Waals surface area contributed by atoms with Crippen LogP contribution < -0.4 is 0 Å². The first-order valence-corrected chi connectivity index (χ1v) is 6.90. The molecule has 4 aromatic rings. The van der Waals surface area contributed by atoms with Gasteiger partial charge in [-0.3, -0.25) is 2.78 Å². The van der Waals surface area contributed by atoms with E-state index in [0.29, 0.717) is 0 Å². The van der Waals surface area contributed by atoms with E-state index in [4.69, 9.17) is 0 Å². The topological polar surface area (TPSA) is 30.7 Å². The van der Waals surface area contributed by atoms with Gasteiger partial charge in [-0.05, 0) is 29.7 Å². The molecule has 2 aromatic heterocycles. The van der Waals surface area contributed by atoms with Crippen molar-refractivity contribution < 1.29 is 0 Å². The van der Waals surface area contributed by atoms with E-state index in [-0.39, 0.29) is 0 Å². The number of para-hydroxylation sites is 1. The van der Waals surface area contributed by atoms with Gasteiger partial charge in [0.1, 0.15) is 10.2 Å². The monoisotopic (exact) mass is 351 g/mol. The van der Waals surface area contributed by atoms with Gasteiger partial charge in [0.05, 0.1) is 33.9 Å². The minimum absolute atomic E-state index is 0.975. The number of nitrogens with zero attached hydrogens (tertiary/aromatic N) is 3. The highest BCUT2D eigenvalue weighted by atomic mass is 127. The third-order valence-electron chi connectivity index (χ3n) is 2.99. The standard InChI is InChI=1S/C12H6IN3S/c13-16-10-4-2-1-3-7(10)8-5-6-9-12(11(8)16)17-15-14-9/h1-6H. The highest BCUT2D eigenvalue weighted by Crippen LogP contribution is 2.35. The molecule has 4 rings (SSSR count). The van der Waals surface area contributed by atoms with Crippen molar-refractivity contribution in [3.8, 4) is 0 Å². The van der Waals surface area contributed by atoms with Crippen LogP contribution in [0.25, 0.3) is 32.0 Å². The summed E-state index contributed by atoms with van der Waals surface area (Å²) in [5.74, 6) is 0. The van der Waals surface area contributed by atoms with E-state index < -0.39 is 0 Å². The first-order valence-electron chi connectivity index (χ1n) is 5.16. The van der Waals surface area contributed by atoms with Crippen molar-refractivity contribution in [1.29, 1.82) is 0 Å². The van der Waals surface area contributed by atoms with Crippen LogP contribution >= 0.6 is 34.4 Å². The summed E-state index contributed by atoms with van der Waals surface area (Å²) >= 11 is 3.80. The van der Waals surface area contributed by atoms with Crippen LogP contribution in [0.5, 0.6) is 0 Å². The van der Waals surface area contributed by atoms with Gasteiger partial charge in [0.25, 0.3) is 0 Å². The third-order valence-corrected chi connectivity index (χ3v) is 4.74. The molecule has 0 amide bonds. The van der Waals surface area contributed by atoms with E-state index in [1.807, 2.05) is 6.07 Å². The second-order valence-electron chi connectivity index (χ2n) is 3.88. The van der Waals surface area contributed by atoms with Crippen LogP contribution in [0.2, 0.25) is 0 Å². The zero-order valence-corrected chi connectivity index (χ0v) is 11.6. The van der Waals surface area contributed by atoms with Gasteiger partial charge in [0.2, 0.25) is 0 Å². The van der Waals surface area contributed by atoms with Crippen LogP contribution in [0, 0.1) is 0 Å². The molecule has 0 saturated carbocycles. The number of hydrogen-bond donors (Lipinski definition) is 0. The average Bonchev–Trinajstić information content (AvgIpc) is 2.93. The molecule has 0 atom stereocenters. The molecule has 0 aliphatic rings. The lowest BCUT2D eigenvalue weighted by atomic mass is 10.1. The molecule has 0 saturated heterocycles. The second kappa shape index (κ2) is 3.39. The number of fused-ring (bicyclic) bond motifs is 5. The lowest BCUT2D eigenvalue weighted by Crippen LogP contribution is -1.77. The van der Waals surface area contributed by atoms with Gasteiger partial charge in [-0.2, -0.15) is 0 Å². The van der Waals surface area contributed by atoms with Crippen molar-refractivity contribution >= 4 is 66.4 Å². The van der Waals surface area contributed by atoms with Gasteiger partial charge >= 0.3 is 0 Å². The normalized spacial score (nSPS) is 11.8. The van der Waals surface area contributed by atoms with Crippen LogP contribution in [0.4, 0.5) is 0 Å². The summed E-state index contributed by atoms with van der Waals surface area (Å²) in [4.78, 5) is 0. The van der Waals surface area contributed by atoms with E-state index in [0.717, 1.165) is 10.2 Å². The first-order chi connectivity index (χ1) is 8.36. The van der Waals surface area contributed by atoms with Crippen LogP contribution in [-0.2, 0) is 0 Å². The Balaban J connectivity index is 2.43. The molecule has 0 radical (unpaired) electrons. The Kier molecular flexibility index (Phi) is 1.95. The second-order valence-corrected chi connectivity index (χ2v) is 5.60. The van der Waals surface area contributed by atoms with Crippen molar-refractivity contribution in [2.75, 3.05) is 0 Å². The highest BCUT2D eigenvalue weighted by molar-refractivity contribution is 14.1. The minimum atomic E-state index is 0.975. The maximum Gasteiger partial charge on any atom is 0.108 e. The molecule has 2 aromatic carbocycles. The minimum Gasteiger partial charge on any atom is -0.280 e. The third kappa shape index (κ3) is 1.21. The Labute approximate surface area is 115 Å². The van der Waals surface area contributed by atoms with E-state index in [1.54, 1.807) is 0 Å². The molecule has 0 unspecified atom stereocenters. The fourth-order valence-electron chi connectivity index (χ4n) is 2.24. The predicted octanol–water partition coefficient (Wildman–Crippen LogP) is 4.00. The summed E-state index contributed by atoms with van der Waals surface area (Å²) in [7, 11) is 0. The van der Waals surface area contributed by atoms with Crippen molar-refractivity contribution in [2.24, 2.45) is 0 Å². The molecule has 0 aliphatic carbocycles. The lowest BCUT2D eigenvalue weighted by Gasteiger charge is -1.94. The van der Waals surface area contributed by atoms with Gasteiger partial charge in [0, 0.05) is 10.8 Å². The molecule has 0 N–H and O–H groups in total. The molecule has 0 spiro atoms. The van der Waals surface area contributed by atoms with E-state index in [1.165, 1.54) is 33.3 Å². The van der Waals surface area contributed by atoms with Crippen molar-refractivity contribution in [2.45, 2.75) is 0 Å². The van der Waals surface area contributed by atoms with Gasteiger partial charge in [-0.15, -0.1) is 5.10 Å². The summed E-state index contributed by atoms with van der Waals surface area (Å²) in [6.45, 7) is 0. The fourth-order valence-corrected chi connectivity index (χ4v) is 4.03. The summed E-state index contributed by atoms with van der Waals surface area (Å²) in [5, 5.41) is 6.69. The quantitative estimate of drug-likeness (QED) is 0.449. The molecule has 3 nitrogen and oxygen atoms in total. The van der Waals surface area contributed by atoms with Gasteiger partial charge in [-0.25, -0.2) is 0 Å². The average molecular weight is 351 g/mol. The zero-order valence-electron chi connectivity index (χ0n) is 8.59. The van der Waals surface area contributed by atoms with Crippen LogP contribution in [-0.4, -0.2) is 12.4 Å². The molecule has 0 aliphatic heterocycles. The van der Waals surface area contributed by atoms with Crippen molar-refractivity contribution in [1.82, 2.24) is 12.4 Å². The summed E-state index contributed by atoms with van der Waals surface area (Å²) < 4.78 is 7.40. The molecule has 2 heterocycles. The summed E-state index contributed by atoms with van der Waals surface area (Å²) in [6.07, 6.45) is 0. The molecule has 82 valence electrons. The van der Waals surface area contributed by atoms with Gasteiger partial charge in [-0.1, -0.05) is 22.7 Å². The van der Waals surface area contributed by atoms with E-state index in [9.17, 15) is 0 Å². The van der Waals surface area contributed by atoms with Crippen LogP contribution in [0.15, 0.2) is 36.4 Å². The largest absolute Gasteiger partial charge is 0.280 e. The zero-order chi connectivity index (χ0) is 11.4. The SMILES string of the molecule is In1c2ccccc2c2ccc3nnsc3c21. The number of benzene rings is 2. The number of rotatable bonds is 0. The first kappa shape index (κ1) is 9.78. The maximum atomic E-state index is 4.13. The van der Waals surface area contributed by atoms with Gasteiger partial charge in [0.15, 0.2) is 0 Å². The predicted molar refractivity (Wildman–Crippen MR) is 79.8 cm³/mol. The summed E-state index contributed by atoms with van der Waals surface area (Å²) in [6, 6.07) is 12.6. The Morgan fingerprint density at radius 2 is 1.94 bits per heavy atom. The van der Waals surface area contributed by atoms with Gasteiger partial charge < -0.3 is 0 Å². The molecular formula is C12H6IN3S. The van der Waals surface area contributed by atoms with E-state index >= 15 is 0 Å². The van der Waals surface area contributed by atoms with Crippen LogP contribution in [0.1, 0.15) is 0 Å². The molecular weight excluding hydrogens is 345 g/mol. The maximum absolute atomic E-state index is 4.13. The number of aromatic nitrogens is 3. The Hall–Kier alpha value is -1.21. The molecule has 0 fully saturated rings. The molecule has 0 bridgehead atoms. The summed E-state index contributed by atoms with van der Waals surface area (Å²) in [5.41, 5.74) is 3.44. The van der Waals surface area contributed by atoms with E-state index in [2.05, 4.69) is 65.6 Å². The van der Waals surface area contributed by atoms with Crippen molar-refractivity contribution in [3.63, 3.8) is 0 Å². The lowest BCUT2D eigenvalue weighted by molar-refractivity contribution is 1.20. The Bertz CT molecular complexity index is 862.